The Balaban J connectivity index is 1.85. The minimum absolute atomic E-state index is 0.369. The van der Waals surface area contributed by atoms with Crippen molar-refractivity contribution in [2.75, 3.05) is 18.0 Å². The van der Waals surface area contributed by atoms with Crippen molar-refractivity contribution in [1.29, 1.82) is 0 Å². The van der Waals surface area contributed by atoms with Gasteiger partial charge in [0.1, 0.15) is 0 Å². The number of rotatable bonds is 3. The topological polar surface area (TPSA) is 15.3 Å². The molecule has 1 saturated heterocycles. The van der Waals surface area contributed by atoms with E-state index in [1.54, 1.807) is 0 Å². The molecule has 0 aliphatic carbocycles. The van der Waals surface area contributed by atoms with Crippen LogP contribution in [-0.2, 0) is 0 Å². The molecule has 1 aliphatic rings. The maximum Gasteiger partial charge on any atom is 0.0499 e. The molecule has 1 N–H and O–H groups in total. The van der Waals surface area contributed by atoms with E-state index in [0.29, 0.717) is 12.1 Å². The Morgan fingerprint density at radius 1 is 1.14 bits per heavy atom. The zero-order valence-corrected chi connectivity index (χ0v) is 13.1. The second-order valence-electron chi connectivity index (χ2n) is 5.57. The van der Waals surface area contributed by atoms with Gasteiger partial charge in [-0.05, 0) is 30.2 Å². The molecule has 1 fully saturated rings. The van der Waals surface area contributed by atoms with Gasteiger partial charge in [-0.1, -0.05) is 54.9 Å². The zero-order chi connectivity index (χ0) is 14.7. The van der Waals surface area contributed by atoms with Crippen LogP contribution in [0.2, 0.25) is 5.02 Å². The molecule has 21 heavy (non-hydrogen) atoms. The average Bonchev–Trinajstić information content (AvgIpc) is 2.55. The van der Waals surface area contributed by atoms with Gasteiger partial charge in [0.25, 0.3) is 0 Å². The van der Waals surface area contributed by atoms with Crippen molar-refractivity contribution in [3.05, 3.63) is 65.2 Å². The van der Waals surface area contributed by atoms with Gasteiger partial charge in [0.15, 0.2) is 0 Å². The third-order valence-electron chi connectivity index (χ3n) is 4.23. The van der Waals surface area contributed by atoms with Gasteiger partial charge in [0.2, 0.25) is 0 Å². The normalized spacial score (nSPS) is 22.3. The van der Waals surface area contributed by atoms with Gasteiger partial charge in [0, 0.05) is 35.9 Å². The smallest absolute Gasteiger partial charge is 0.0499 e. The van der Waals surface area contributed by atoms with Crippen molar-refractivity contribution in [3.8, 4) is 0 Å². The highest BCUT2D eigenvalue weighted by molar-refractivity contribution is 6.30. The van der Waals surface area contributed by atoms with Gasteiger partial charge in [-0.15, -0.1) is 0 Å². The molecule has 0 bridgehead atoms. The molecule has 2 aromatic carbocycles. The van der Waals surface area contributed by atoms with Crippen LogP contribution in [0.5, 0.6) is 0 Å². The Morgan fingerprint density at radius 2 is 1.95 bits per heavy atom. The fourth-order valence-electron chi connectivity index (χ4n) is 3.04. The summed E-state index contributed by atoms with van der Waals surface area (Å²) >= 11 is 6.17. The molecule has 0 spiro atoms. The maximum atomic E-state index is 6.17. The Morgan fingerprint density at radius 3 is 2.67 bits per heavy atom. The van der Waals surface area contributed by atoms with Gasteiger partial charge >= 0.3 is 0 Å². The highest BCUT2D eigenvalue weighted by atomic mass is 35.5. The lowest BCUT2D eigenvalue weighted by atomic mass is 10.00. The van der Waals surface area contributed by atoms with E-state index in [2.05, 4.69) is 59.6 Å². The second kappa shape index (κ2) is 6.50. The van der Waals surface area contributed by atoms with Crippen molar-refractivity contribution in [3.63, 3.8) is 0 Å². The molecule has 0 radical (unpaired) electrons. The minimum atomic E-state index is 0.369. The molecule has 2 aromatic rings. The summed E-state index contributed by atoms with van der Waals surface area (Å²) in [6, 6.07) is 19.7. The molecule has 2 nitrogen and oxygen atoms in total. The molecule has 110 valence electrons. The first kappa shape index (κ1) is 14.4. The predicted octanol–water partition coefficient (Wildman–Crippen LogP) is 4.27. The van der Waals surface area contributed by atoms with Gasteiger partial charge < -0.3 is 10.2 Å². The molecule has 2 unspecified atom stereocenters. The Hall–Kier alpha value is -1.51. The third kappa shape index (κ3) is 3.22. The van der Waals surface area contributed by atoms with Gasteiger partial charge in [0.05, 0.1) is 0 Å². The Kier molecular flexibility index (Phi) is 4.47. The lowest BCUT2D eigenvalue weighted by Crippen LogP contribution is -2.52. The summed E-state index contributed by atoms with van der Waals surface area (Å²) in [7, 11) is 0. The summed E-state index contributed by atoms with van der Waals surface area (Å²) in [6.07, 6.45) is 1.13. The highest BCUT2D eigenvalue weighted by Crippen LogP contribution is 2.28. The summed E-state index contributed by atoms with van der Waals surface area (Å²) in [5, 5.41) is 4.48. The first-order valence-electron chi connectivity index (χ1n) is 7.58. The molecule has 1 heterocycles. The second-order valence-corrected chi connectivity index (χ2v) is 6.00. The van der Waals surface area contributed by atoms with Gasteiger partial charge in [-0.2, -0.15) is 0 Å². The van der Waals surface area contributed by atoms with E-state index < -0.39 is 0 Å². The quantitative estimate of drug-likeness (QED) is 0.910. The standard InChI is InChI=1S/C18H21ClN2/c1-2-16-12-20-18(14-7-4-3-5-8-14)13-21(16)17-10-6-9-15(19)11-17/h3-11,16,18,20H,2,12-13H2,1H3. The Bertz CT molecular complexity index is 585. The van der Waals surface area contributed by atoms with Crippen LogP contribution in [0.15, 0.2) is 54.6 Å². The van der Waals surface area contributed by atoms with Crippen LogP contribution in [0.4, 0.5) is 5.69 Å². The van der Waals surface area contributed by atoms with E-state index in [-0.39, 0.29) is 0 Å². The van der Waals surface area contributed by atoms with Crippen molar-refractivity contribution in [2.45, 2.75) is 25.4 Å². The lowest BCUT2D eigenvalue weighted by molar-refractivity contribution is 0.393. The number of halogens is 1. The Labute approximate surface area is 131 Å². The third-order valence-corrected chi connectivity index (χ3v) is 4.47. The molecule has 0 saturated carbocycles. The number of nitrogens with one attached hydrogen (secondary N) is 1. The maximum absolute atomic E-state index is 6.17. The molecular formula is C18H21ClN2. The van der Waals surface area contributed by atoms with Crippen molar-refractivity contribution in [1.82, 2.24) is 5.32 Å². The number of anilines is 1. The zero-order valence-electron chi connectivity index (χ0n) is 12.3. The molecule has 0 aromatic heterocycles. The van der Waals surface area contributed by atoms with Gasteiger partial charge in [-0.3, -0.25) is 0 Å². The number of piperazine rings is 1. The van der Waals surface area contributed by atoms with Crippen LogP contribution in [-0.4, -0.2) is 19.1 Å². The minimum Gasteiger partial charge on any atom is -0.365 e. The van der Waals surface area contributed by atoms with E-state index in [4.69, 9.17) is 11.6 Å². The van der Waals surface area contributed by atoms with Crippen molar-refractivity contribution < 1.29 is 0 Å². The van der Waals surface area contributed by atoms with E-state index in [0.717, 1.165) is 24.5 Å². The molecule has 2 atom stereocenters. The molecule has 0 amide bonds. The van der Waals surface area contributed by atoms with Crippen LogP contribution in [0, 0.1) is 0 Å². The SMILES string of the molecule is CCC1CNC(c2ccccc2)CN1c1cccc(Cl)c1. The van der Waals surface area contributed by atoms with E-state index >= 15 is 0 Å². The first-order valence-corrected chi connectivity index (χ1v) is 7.96. The first-order chi connectivity index (χ1) is 10.3. The predicted molar refractivity (Wildman–Crippen MR) is 90.1 cm³/mol. The fraction of sp³-hybridized carbons (Fsp3) is 0.333. The molecule has 3 heteroatoms. The summed E-state index contributed by atoms with van der Waals surface area (Å²) in [5.74, 6) is 0. The number of hydrogen-bond donors (Lipinski definition) is 1. The van der Waals surface area contributed by atoms with Gasteiger partial charge in [-0.25, -0.2) is 0 Å². The monoisotopic (exact) mass is 300 g/mol. The van der Waals surface area contributed by atoms with Crippen molar-refractivity contribution in [2.24, 2.45) is 0 Å². The number of hydrogen-bond acceptors (Lipinski definition) is 2. The number of nitrogens with zero attached hydrogens (tertiary/aromatic N) is 1. The summed E-state index contributed by atoms with van der Waals surface area (Å²) < 4.78 is 0. The lowest BCUT2D eigenvalue weighted by Gasteiger charge is -2.42. The molecular weight excluding hydrogens is 280 g/mol. The fourth-order valence-corrected chi connectivity index (χ4v) is 3.23. The largest absolute Gasteiger partial charge is 0.365 e. The van der Waals surface area contributed by atoms with E-state index in [1.807, 2.05) is 12.1 Å². The average molecular weight is 301 g/mol. The van der Waals surface area contributed by atoms with Crippen LogP contribution >= 0.6 is 11.6 Å². The summed E-state index contributed by atoms with van der Waals surface area (Å²) in [4.78, 5) is 2.49. The van der Waals surface area contributed by atoms with Crippen molar-refractivity contribution >= 4 is 17.3 Å². The van der Waals surface area contributed by atoms with E-state index in [9.17, 15) is 0 Å². The molecule has 1 aliphatic heterocycles. The van der Waals surface area contributed by atoms with Crippen LogP contribution in [0.1, 0.15) is 24.9 Å². The summed E-state index contributed by atoms with van der Waals surface area (Å²) in [6.45, 7) is 4.22. The van der Waals surface area contributed by atoms with E-state index in [1.165, 1.54) is 11.3 Å². The van der Waals surface area contributed by atoms with Crippen LogP contribution < -0.4 is 10.2 Å². The molecule has 3 rings (SSSR count). The van der Waals surface area contributed by atoms with Crippen LogP contribution in [0.25, 0.3) is 0 Å². The highest BCUT2D eigenvalue weighted by Gasteiger charge is 2.27. The number of benzene rings is 2. The summed E-state index contributed by atoms with van der Waals surface area (Å²) in [5.41, 5.74) is 2.57. The van der Waals surface area contributed by atoms with Crippen LogP contribution in [0.3, 0.4) is 0 Å².